The number of benzene rings is 2. The number of carbonyl (C=O) groups is 2. The molecule has 0 radical (unpaired) electrons. The Kier molecular flexibility index (Phi) is 6.15. The Morgan fingerprint density at radius 2 is 1.93 bits per heavy atom. The van der Waals surface area contributed by atoms with Gasteiger partial charge in [-0.1, -0.05) is 18.2 Å². The van der Waals surface area contributed by atoms with E-state index in [1.54, 1.807) is 18.2 Å². The fourth-order valence-corrected chi connectivity index (χ4v) is 4.16. The van der Waals surface area contributed by atoms with Crippen LogP contribution in [0, 0.1) is 0 Å². The Balaban J connectivity index is 1.60. The summed E-state index contributed by atoms with van der Waals surface area (Å²) in [6.45, 7) is 5.82. The molecule has 0 saturated heterocycles. The zero-order valence-corrected chi connectivity index (χ0v) is 18.3. The zero-order chi connectivity index (χ0) is 20.3. The fourth-order valence-electron chi connectivity index (χ4n) is 2.58. The minimum absolute atomic E-state index is 0.113. The summed E-state index contributed by atoms with van der Waals surface area (Å²) in [5.41, 5.74) is 1.63. The van der Waals surface area contributed by atoms with Gasteiger partial charge in [0.25, 0.3) is 0 Å². The molecule has 1 heterocycles. The Morgan fingerprint density at radius 1 is 1.18 bits per heavy atom. The van der Waals surface area contributed by atoms with E-state index in [-0.39, 0.29) is 18.3 Å². The van der Waals surface area contributed by atoms with Gasteiger partial charge in [-0.3, -0.25) is 4.79 Å². The first-order chi connectivity index (χ1) is 13.2. The zero-order valence-electron chi connectivity index (χ0n) is 15.9. The molecule has 7 heteroatoms. The van der Waals surface area contributed by atoms with Gasteiger partial charge < -0.3 is 10.1 Å². The van der Waals surface area contributed by atoms with Crippen LogP contribution in [0.5, 0.6) is 0 Å². The number of thiazole rings is 1. The number of amides is 1. The minimum Gasteiger partial charge on any atom is -0.456 e. The van der Waals surface area contributed by atoms with Crippen molar-refractivity contribution in [2.75, 3.05) is 0 Å². The number of fused-ring (bicyclic) bond motifs is 1. The third kappa shape index (κ3) is 5.39. The first-order valence-corrected chi connectivity index (χ1v) is 10.5. The summed E-state index contributed by atoms with van der Waals surface area (Å²) in [6.07, 6.45) is 0.220. The van der Waals surface area contributed by atoms with Crippen LogP contribution in [0.25, 0.3) is 10.2 Å². The highest BCUT2D eigenvalue weighted by molar-refractivity contribution is 9.10. The summed E-state index contributed by atoms with van der Waals surface area (Å²) >= 11 is 4.99. The van der Waals surface area contributed by atoms with Crippen LogP contribution < -0.4 is 5.32 Å². The molecule has 1 amide bonds. The average Bonchev–Trinajstić information content (AvgIpc) is 3.03. The minimum atomic E-state index is -0.548. The molecule has 0 saturated carbocycles. The Hall–Kier alpha value is -2.25. The monoisotopic (exact) mass is 460 g/mol. The smallest absolute Gasteiger partial charge is 0.338 e. The van der Waals surface area contributed by atoms with Crippen LogP contribution in [-0.4, -0.2) is 22.5 Å². The molecule has 0 aliphatic carbocycles. The molecule has 3 aromatic rings. The van der Waals surface area contributed by atoms with Gasteiger partial charge in [-0.15, -0.1) is 11.3 Å². The highest BCUT2D eigenvalue weighted by Crippen LogP contribution is 2.28. The topological polar surface area (TPSA) is 68.3 Å². The largest absolute Gasteiger partial charge is 0.456 e. The molecule has 1 N–H and O–H groups in total. The number of hydrogen-bond acceptors (Lipinski definition) is 5. The lowest BCUT2D eigenvalue weighted by atomic mass is 10.1. The lowest BCUT2D eigenvalue weighted by Gasteiger charge is -2.19. The average molecular weight is 461 g/mol. The molecule has 1 aromatic heterocycles. The van der Waals surface area contributed by atoms with E-state index in [0.717, 1.165) is 25.3 Å². The molecule has 0 unspecified atom stereocenters. The van der Waals surface area contributed by atoms with Crippen LogP contribution in [0.4, 0.5) is 0 Å². The van der Waals surface area contributed by atoms with Gasteiger partial charge in [-0.2, -0.15) is 0 Å². The fraction of sp³-hybridized carbons (Fsp3) is 0.286. The highest BCUT2D eigenvalue weighted by atomic mass is 79.9. The maximum Gasteiger partial charge on any atom is 0.338 e. The van der Waals surface area contributed by atoms with E-state index in [2.05, 4.69) is 26.2 Å². The SMILES string of the molecule is CC(C)(C)OC(=O)c1cccc(CNC(=O)Cc2nc3c(Br)cccc3s2)c1. The highest BCUT2D eigenvalue weighted by Gasteiger charge is 2.18. The van der Waals surface area contributed by atoms with Crippen molar-refractivity contribution in [3.05, 3.63) is 63.1 Å². The number of rotatable bonds is 5. The predicted molar refractivity (Wildman–Crippen MR) is 114 cm³/mol. The van der Waals surface area contributed by atoms with Crippen LogP contribution in [0.2, 0.25) is 0 Å². The summed E-state index contributed by atoms with van der Waals surface area (Å²) < 4.78 is 7.35. The second-order valence-corrected chi connectivity index (χ2v) is 9.32. The van der Waals surface area contributed by atoms with Gasteiger partial charge in [0.2, 0.25) is 5.91 Å². The lowest BCUT2D eigenvalue weighted by Crippen LogP contribution is -2.25. The summed E-state index contributed by atoms with van der Waals surface area (Å²) in [5, 5.41) is 3.65. The number of para-hydroxylation sites is 1. The molecular weight excluding hydrogens is 440 g/mol. The quantitative estimate of drug-likeness (QED) is 0.551. The number of halogens is 1. The van der Waals surface area contributed by atoms with Gasteiger partial charge in [0, 0.05) is 11.0 Å². The molecule has 28 heavy (non-hydrogen) atoms. The number of esters is 1. The molecule has 5 nitrogen and oxygen atoms in total. The molecule has 0 aliphatic rings. The Labute approximate surface area is 176 Å². The van der Waals surface area contributed by atoms with Crippen molar-refractivity contribution >= 4 is 49.4 Å². The molecule has 2 aromatic carbocycles. The number of nitrogens with zero attached hydrogens (tertiary/aromatic N) is 1. The van der Waals surface area contributed by atoms with Gasteiger partial charge in [0.15, 0.2) is 0 Å². The van der Waals surface area contributed by atoms with Crippen molar-refractivity contribution in [3.8, 4) is 0 Å². The first-order valence-electron chi connectivity index (χ1n) is 8.84. The van der Waals surface area contributed by atoms with Crippen molar-refractivity contribution < 1.29 is 14.3 Å². The molecular formula is C21H21BrN2O3S. The van der Waals surface area contributed by atoms with Gasteiger partial charge in [0.05, 0.1) is 22.2 Å². The van der Waals surface area contributed by atoms with Crippen molar-refractivity contribution in [3.63, 3.8) is 0 Å². The first kappa shape index (κ1) is 20.5. The van der Waals surface area contributed by atoms with E-state index >= 15 is 0 Å². The van der Waals surface area contributed by atoms with Crippen molar-refractivity contribution in [1.29, 1.82) is 0 Å². The van der Waals surface area contributed by atoms with Crippen LogP contribution in [0.15, 0.2) is 46.9 Å². The standard InChI is InChI=1S/C21H21BrN2O3S/c1-21(2,3)27-20(26)14-7-4-6-13(10-14)12-23-17(25)11-18-24-19-15(22)8-5-9-16(19)28-18/h4-10H,11-12H2,1-3H3,(H,23,25). The predicted octanol–water partition coefficient (Wildman–Crippen LogP) is 4.87. The molecule has 0 spiro atoms. The second kappa shape index (κ2) is 8.41. The van der Waals surface area contributed by atoms with Crippen LogP contribution in [0.1, 0.15) is 41.7 Å². The molecule has 3 rings (SSSR count). The van der Waals surface area contributed by atoms with E-state index < -0.39 is 5.60 Å². The second-order valence-electron chi connectivity index (χ2n) is 7.35. The van der Waals surface area contributed by atoms with E-state index in [9.17, 15) is 9.59 Å². The number of carbonyl (C=O) groups excluding carboxylic acids is 2. The van der Waals surface area contributed by atoms with Crippen LogP contribution >= 0.6 is 27.3 Å². The summed E-state index contributed by atoms with van der Waals surface area (Å²) in [5.74, 6) is -0.487. The molecule has 0 bridgehead atoms. The third-order valence-electron chi connectivity index (χ3n) is 3.78. The maximum absolute atomic E-state index is 12.3. The summed E-state index contributed by atoms with van der Waals surface area (Å²) in [4.78, 5) is 29.0. The van der Waals surface area contributed by atoms with E-state index in [1.165, 1.54) is 11.3 Å². The normalized spacial score (nSPS) is 11.4. The lowest BCUT2D eigenvalue weighted by molar-refractivity contribution is -0.120. The number of hydrogen-bond donors (Lipinski definition) is 1. The Morgan fingerprint density at radius 3 is 2.64 bits per heavy atom. The van der Waals surface area contributed by atoms with Crippen LogP contribution in [0.3, 0.4) is 0 Å². The van der Waals surface area contributed by atoms with Gasteiger partial charge in [-0.05, 0) is 66.5 Å². The molecule has 0 atom stereocenters. The van der Waals surface area contributed by atoms with E-state index in [4.69, 9.17) is 4.74 Å². The van der Waals surface area contributed by atoms with Crippen molar-refractivity contribution in [2.24, 2.45) is 0 Å². The summed E-state index contributed by atoms with van der Waals surface area (Å²) in [6, 6.07) is 13.0. The number of ether oxygens (including phenoxy) is 1. The summed E-state index contributed by atoms with van der Waals surface area (Å²) in [7, 11) is 0. The van der Waals surface area contributed by atoms with Crippen LogP contribution in [-0.2, 0) is 22.5 Å². The Bertz CT molecular complexity index is 1020. The number of nitrogens with one attached hydrogen (secondary N) is 1. The van der Waals surface area contributed by atoms with Gasteiger partial charge in [0.1, 0.15) is 10.6 Å². The van der Waals surface area contributed by atoms with Crippen molar-refractivity contribution in [1.82, 2.24) is 10.3 Å². The third-order valence-corrected chi connectivity index (χ3v) is 5.44. The number of aromatic nitrogens is 1. The maximum atomic E-state index is 12.3. The van der Waals surface area contributed by atoms with Gasteiger partial charge in [-0.25, -0.2) is 9.78 Å². The van der Waals surface area contributed by atoms with E-state index in [0.29, 0.717) is 12.1 Å². The van der Waals surface area contributed by atoms with E-state index in [1.807, 2.05) is 45.0 Å². The van der Waals surface area contributed by atoms with Crippen molar-refractivity contribution in [2.45, 2.75) is 39.3 Å². The molecule has 146 valence electrons. The van der Waals surface area contributed by atoms with Gasteiger partial charge >= 0.3 is 5.97 Å². The molecule has 0 fully saturated rings. The molecule has 0 aliphatic heterocycles.